The number of aliphatic carboxylic acids is 2. The molecule has 0 aromatic carbocycles. The third-order valence-electron chi connectivity index (χ3n) is 27.2. The molecule has 10 saturated carbocycles. The van der Waals surface area contributed by atoms with Crippen molar-refractivity contribution in [2.24, 2.45) is 88.8 Å². The predicted octanol–water partition coefficient (Wildman–Crippen LogP) is 16.7. The molecule has 0 radical (unpaired) electrons. The van der Waals surface area contributed by atoms with Crippen LogP contribution in [0.3, 0.4) is 0 Å². The van der Waals surface area contributed by atoms with Gasteiger partial charge in [-0.05, 0) is 251 Å². The molecule has 10 aliphatic heterocycles. The number of hydrogen-bond donors (Lipinski definition) is 3. The monoisotopic (exact) mass is 1630 g/mol. The Bertz CT molecular complexity index is 3010. The molecule has 650 valence electrons. The summed E-state index contributed by atoms with van der Waals surface area (Å²) in [5.74, 6) is -2.36. The van der Waals surface area contributed by atoms with Crippen molar-refractivity contribution in [2.45, 2.75) is 404 Å². The number of aliphatic hydroxyl groups excluding tert-OH is 1. The van der Waals surface area contributed by atoms with Crippen molar-refractivity contribution in [3.8, 4) is 0 Å². The quantitative estimate of drug-likeness (QED) is 0.101. The van der Waals surface area contributed by atoms with E-state index >= 15 is 0 Å². The Hall–Kier alpha value is -6.02. The normalized spacial score (nSPS) is 36.9. The molecule has 23 nitrogen and oxygen atoms in total. The first-order chi connectivity index (χ1) is 53.4. The number of amides is 5. The third-order valence-corrected chi connectivity index (χ3v) is 27.2. The zero-order valence-corrected chi connectivity index (χ0v) is 71.7. The van der Waals surface area contributed by atoms with E-state index < -0.39 is 143 Å². The Morgan fingerprint density at radius 1 is 0.278 bits per heavy atom. The van der Waals surface area contributed by atoms with E-state index in [1.807, 2.05) is 62.3 Å². The Kier molecular flexibility index (Phi) is 27.0. The first-order valence-electron chi connectivity index (χ1n) is 43.7. The van der Waals surface area contributed by atoms with Gasteiger partial charge in [-0.1, -0.05) is 64.2 Å². The number of carboxylic acid groups (broad SMARTS) is 2. The maximum atomic E-state index is 15.0. The molecule has 10 heterocycles. The summed E-state index contributed by atoms with van der Waals surface area (Å²) in [6.45, 7) is 31.4. The first-order valence-corrected chi connectivity index (χ1v) is 43.7. The number of piperidine rings is 10. The van der Waals surface area contributed by atoms with Crippen LogP contribution in [0.25, 0.3) is 0 Å². The minimum atomic E-state index is -1.13. The number of rotatable bonds is 15. The van der Waals surface area contributed by atoms with Gasteiger partial charge in [0.25, 0.3) is 0 Å². The van der Waals surface area contributed by atoms with Crippen molar-refractivity contribution >= 4 is 59.8 Å². The molecule has 10 aliphatic carbocycles. The number of alkyl halides is 4. The second kappa shape index (κ2) is 34.6. The van der Waals surface area contributed by atoms with E-state index in [9.17, 15) is 80.8 Å². The van der Waals surface area contributed by atoms with E-state index in [1.165, 1.54) is 69.1 Å². The van der Waals surface area contributed by atoms with Crippen molar-refractivity contribution in [2.75, 3.05) is 0 Å². The summed E-state index contributed by atoms with van der Waals surface area (Å²) in [7, 11) is 0. The van der Waals surface area contributed by atoms with Crippen LogP contribution < -0.4 is 0 Å². The number of halogens is 4. The number of hydrogen-bond acceptors (Lipinski definition) is 16. The average molecular weight is 1630 g/mol. The molecule has 115 heavy (non-hydrogen) atoms. The fourth-order valence-corrected chi connectivity index (χ4v) is 21.9. The highest BCUT2D eigenvalue weighted by Gasteiger charge is 2.64. The molecule has 20 fully saturated rings. The molecule has 27 heteroatoms. The molecule has 5 amide bonds. The van der Waals surface area contributed by atoms with Crippen LogP contribution in [0, 0.1) is 88.8 Å². The van der Waals surface area contributed by atoms with Gasteiger partial charge in [-0.2, -0.15) is 0 Å². The highest BCUT2D eigenvalue weighted by atomic mass is 19.1. The van der Waals surface area contributed by atoms with Crippen LogP contribution in [0.4, 0.5) is 41.5 Å². The van der Waals surface area contributed by atoms with Crippen molar-refractivity contribution < 1.29 is 105 Å². The molecule has 20 rings (SSSR count). The van der Waals surface area contributed by atoms with E-state index in [1.54, 1.807) is 56.2 Å². The standard InChI is InChI=1S/2C18H28FNO3.C18H29NO4.2C17H26FNO4/c2*1-10(21)16-12-7-8-14(13(15(12)19)9-11-5-6-11)20(16)17(22)23-18(2,3)4;1-10(20)15-12-7-8-14(13(16(12)21)9-11-5-6-11)19(15)17(22)23-18(2,3)4;2*1-17(2,3)23-16(22)19-12-7-6-10(14(19)15(20)21)13(18)11(12)8-9-4-5-9/h2*11-16H,5-9H2,1-4H3;11-16,21H,5-9H2,1-4H3;2*9-14H,4-8H2,1-3H3,(H,20,21)/t12-,13+,14+,15+,16-;12-,13-,14+,15+,16-;12-,13?,14-,15+,16+;10-,11+,12+,13+,14+;10-,11-,12+,13+,14+/m11011/s1. The van der Waals surface area contributed by atoms with Gasteiger partial charge in [0.2, 0.25) is 0 Å². The predicted molar refractivity (Wildman–Crippen MR) is 419 cm³/mol. The molecule has 25 atom stereocenters. The van der Waals surface area contributed by atoms with Gasteiger partial charge in [-0.3, -0.25) is 38.9 Å². The number of carbonyl (C=O) groups is 10. The fraction of sp³-hybridized carbons (Fsp3) is 0.886. The van der Waals surface area contributed by atoms with Crippen LogP contribution in [-0.4, -0.2) is 219 Å². The van der Waals surface area contributed by atoms with Gasteiger partial charge < -0.3 is 39.0 Å². The number of carboxylic acids is 2. The molecule has 20 aliphatic rings. The van der Waals surface area contributed by atoms with Crippen molar-refractivity contribution in [1.29, 1.82) is 0 Å². The van der Waals surface area contributed by atoms with Crippen LogP contribution in [0.5, 0.6) is 0 Å². The number of carbonyl (C=O) groups excluding carboxylic acids is 8. The Morgan fingerprint density at radius 2 is 0.452 bits per heavy atom. The summed E-state index contributed by atoms with van der Waals surface area (Å²) in [6.07, 6.45) is 15.6. The van der Waals surface area contributed by atoms with Crippen LogP contribution >= 0.6 is 0 Å². The number of fused-ring (bicyclic) bond motifs is 15. The number of ether oxygens (including phenoxy) is 5. The van der Waals surface area contributed by atoms with Crippen LogP contribution in [0.15, 0.2) is 0 Å². The van der Waals surface area contributed by atoms with E-state index in [4.69, 9.17) is 23.7 Å². The van der Waals surface area contributed by atoms with Gasteiger partial charge in [-0.15, -0.1) is 0 Å². The Labute approximate surface area is 678 Å². The highest BCUT2D eigenvalue weighted by Crippen LogP contribution is 2.56. The van der Waals surface area contributed by atoms with E-state index in [0.717, 1.165) is 83.5 Å². The molecule has 10 bridgehead atoms. The van der Waals surface area contributed by atoms with Crippen LogP contribution in [0.1, 0.15) is 285 Å². The van der Waals surface area contributed by atoms with E-state index in [0.29, 0.717) is 68.1 Å². The van der Waals surface area contributed by atoms with Crippen LogP contribution in [-0.2, 0) is 47.7 Å². The maximum absolute atomic E-state index is 15.0. The summed E-state index contributed by atoms with van der Waals surface area (Å²) < 4.78 is 87.2. The molecule has 0 aromatic rings. The average Bonchev–Trinajstić information content (AvgIpc) is 1.76. The SMILES string of the molecule is CC(=O)[C@@H]1[C@@H]2CC[C@@H](C(CC3CC3)[C@@H]2O)N1C(=O)OC(C)(C)C.CC(=O)[C@@H]1[C@@H]2CC[C@@H]([C@@H](CC3CC3)[C@H]2F)N1C(=O)OC(C)(C)C.CC(=O)[C@@H]1[C@@H]2CC[C@@H]([C@H](CC3CC3)[C@H]2F)N1C(=O)OC(C)(C)C.CC(C)(C)OC(=O)N1[C@H](C(=O)O)[C@@H]2CC[C@H]1[C@@H](CC1CC1)[C@H]2F.CC(C)(C)OC(=O)N1[C@H](C(=O)O)[C@@H]2CC[C@H]1[C@H](CC1CC1)[C@H]2F. The van der Waals surface area contributed by atoms with Crippen molar-refractivity contribution in [3.63, 3.8) is 0 Å². The lowest BCUT2D eigenvalue weighted by Gasteiger charge is -2.56. The summed E-state index contributed by atoms with van der Waals surface area (Å²) in [5.41, 5.74) is -3.21. The van der Waals surface area contributed by atoms with Crippen molar-refractivity contribution in [3.05, 3.63) is 0 Å². The lowest BCUT2D eigenvalue weighted by atomic mass is 9.64. The zero-order chi connectivity index (χ0) is 84.7. The minimum absolute atomic E-state index is 0.0468. The summed E-state index contributed by atoms with van der Waals surface area (Å²) in [6, 6.07) is -5.23. The lowest BCUT2D eigenvalue weighted by molar-refractivity contribution is -0.163. The van der Waals surface area contributed by atoms with Crippen molar-refractivity contribution in [1.82, 2.24) is 24.5 Å². The summed E-state index contributed by atoms with van der Waals surface area (Å²) >= 11 is 0. The van der Waals surface area contributed by atoms with Gasteiger partial charge in [-0.25, -0.2) is 51.1 Å². The zero-order valence-electron chi connectivity index (χ0n) is 71.7. The molecular formula is C88H137F4N5O18. The molecule has 3 N–H and O–H groups in total. The second-order valence-electron chi connectivity index (χ2n) is 42.2. The number of aliphatic hydroxyl groups is 1. The number of nitrogens with zero attached hydrogens (tertiary/aromatic N) is 5. The minimum Gasteiger partial charge on any atom is -0.480 e. The molecule has 1 unspecified atom stereocenters. The first kappa shape index (κ1) is 89.8. The summed E-state index contributed by atoms with van der Waals surface area (Å²) in [5, 5.41) is 29.9. The van der Waals surface area contributed by atoms with Gasteiger partial charge in [0.15, 0.2) is 17.3 Å². The molecule has 0 spiro atoms. The van der Waals surface area contributed by atoms with Crippen LogP contribution in [0.2, 0.25) is 0 Å². The van der Waals surface area contributed by atoms with E-state index in [-0.39, 0.29) is 94.9 Å². The van der Waals surface area contributed by atoms with Gasteiger partial charge in [0.05, 0.1) is 24.2 Å². The molecule has 0 aromatic heterocycles. The third kappa shape index (κ3) is 21.2. The molecule has 10 saturated heterocycles. The Balaban J connectivity index is 0.000000142. The topological polar surface area (TPSA) is 294 Å². The molecular weight excluding hydrogens is 1490 g/mol. The summed E-state index contributed by atoms with van der Waals surface area (Å²) in [4.78, 5) is 131. The fourth-order valence-electron chi connectivity index (χ4n) is 21.9. The highest BCUT2D eigenvalue weighted by molar-refractivity contribution is 5.89. The number of Topliss-reactive ketones (excluding diaryl/α,β-unsaturated/α-hetero) is 3. The van der Waals surface area contributed by atoms with Gasteiger partial charge in [0, 0.05) is 89.4 Å². The number of ketones is 3. The second-order valence-corrected chi connectivity index (χ2v) is 42.2. The van der Waals surface area contributed by atoms with Gasteiger partial charge in [0.1, 0.15) is 64.8 Å². The lowest BCUT2D eigenvalue weighted by Crippen LogP contribution is -2.68. The maximum Gasteiger partial charge on any atom is 0.411 e. The largest absolute Gasteiger partial charge is 0.480 e. The van der Waals surface area contributed by atoms with Gasteiger partial charge >= 0.3 is 42.4 Å². The Morgan fingerprint density at radius 3 is 0.643 bits per heavy atom. The smallest absolute Gasteiger partial charge is 0.411 e. The van der Waals surface area contributed by atoms with E-state index in [2.05, 4.69) is 0 Å².